The summed E-state index contributed by atoms with van der Waals surface area (Å²) in [4.78, 5) is 8.04. The zero-order chi connectivity index (χ0) is 12.1. The van der Waals surface area contributed by atoms with Crippen molar-refractivity contribution in [1.82, 2.24) is 9.97 Å². The lowest BCUT2D eigenvalue weighted by molar-refractivity contribution is 0.267. The minimum Gasteiger partial charge on any atom is -0.396 e. The lowest BCUT2D eigenvalue weighted by Crippen LogP contribution is -2.27. The molecule has 0 saturated heterocycles. The van der Waals surface area contributed by atoms with Crippen LogP contribution in [0.25, 0.3) is 0 Å². The summed E-state index contributed by atoms with van der Waals surface area (Å²) in [6.45, 7) is 6.29. The number of aromatic nitrogens is 2. The third kappa shape index (κ3) is 3.61. The number of aryl methyl sites for hydroxylation is 1. The van der Waals surface area contributed by atoms with E-state index in [1.807, 2.05) is 6.92 Å². The first-order chi connectivity index (χ1) is 7.54. The fraction of sp³-hybridized carbons (Fsp3) is 0.636. The molecule has 0 aliphatic heterocycles. The number of hydrogen-bond acceptors (Lipinski definition) is 4. The quantitative estimate of drug-likeness (QED) is 0.779. The molecule has 0 aliphatic rings. The molecule has 0 fully saturated rings. The number of aliphatic hydroxyl groups excluding tert-OH is 1. The average Bonchev–Trinajstić information content (AvgIpc) is 2.22. The Bertz CT molecular complexity index is 344. The molecule has 0 aliphatic carbocycles. The van der Waals surface area contributed by atoms with E-state index in [0.717, 1.165) is 11.4 Å². The summed E-state index contributed by atoms with van der Waals surface area (Å²) in [5, 5.41) is 12.5. The van der Waals surface area contributed by atoms with E-state index in [2.05, 4.69) is 29.1 Å². The third-order valence-electron chi connectivity index (χ3n) is 2.51. The van der Waals surface area contributed by atoms with Crippen LogP contribution in [0.5, 0.6) is 0 Å². The maximum Gasteiger partial charge on any atom is 0.224 e. The van der Waals surface area contributed by atoms with Crippen LogP contribution in [0.4, 0.5) is 5.82 Å². The summed E-state index contributed by atoms with van der Waals surface area (Å²) in [6, 6.07) is 0.190. The van der Waals surface area contributed by atoms with Crippen LogP contribution in [-0.2, 0) is 0 Å². The predicted octanol–water partition coefficient (Wildman–Crippen LogP) is 2.26. The standard InChI is InChI=1S/C11H18ClN3O/c1-7(2)9(4-5-16)14-10-8(3)6-13-11(12)15-10/h6-7,9,16H,4-5H2,1-3H3,(H,13,14,15). The van der Waals surface area contributed by atoms with Crippen molar-refractivity contribution in [3.05, 3.63) is 17.0 Å². The SMILES string of the molecule is Cc1cnc(Cl)nc1NC(CCO)C(C)C. The van der Waals surface area contributed by atoms with Crippen molar-refractivity contribution in [3.8, 4) is 0 Å². The van der Waals surface area contributed by atoms with E-state index in [9.17, 15) is 0 Å². The Morgan fingerprint density at radius 1 is 1.50 bits per heavy atom. The van der Waals surface area contributed by atoms with Gasteiger partial charge in [0.25, 0.3) is 0 Å². The van der Waals surface area contributed by atoms with Crippen LogP contribution in [-0.4, -0.2) is 27.7 Å². The van der Waals surface area contributed by atoms with Gasteiger partial charge < -0.3 is 10.4 Å². The number of anilines is 1. The van der Waals surface area contributed by atoms with Gasteiger partial charge in [-0.05, 0) is 30.9 Å². The Morgan fingerprint density at radius 2 is 2.19 bits per heavy atom. The second-order valence-electron chi connectivity index (χ2n) is 4.18. The summed E-state index contributed by atoms with van der Waals surface area (Å²) in [5.74, 6) is 1.16. The molecule has 0 saturated carbocycles. The Hall–Kier alpha value is -0.870. The number of aliphatic hydroxyl groups is 1. The second kappa shape index (κ2) is 6.01. The Balaban J connectivity index is 2.80. The van der Waals surface area contributed by atoms with Crippen LogP contribution < -0.4 is 5.32 Å². The van der Waals surface area contributed by atoms with E-state index < -0.39 is 0 Å². The van der Waals surface area contributed by atoms with Gasteiger partial charge in [-0.3, -0.25) is 0 Å². The Labute approximate surface area is 101 Å². The molecular formula is C11H18ClN3O. The van der Waals surface area contributed by atoms with Crippen molar-refractivity contribution >= 4 is 17.4 Å². The van der Waals surface area contributed by atoms with Gasteiger partial charge in [0.15, 0.2) is 0 Å². The van der Waals surface area contributed by atoms with Crippen molar-refractivity contribution < 1.29 is 5.11 Å². The average molecular weight is 244 g/mol. The predicted molar refractivity (Wildman–Crippen MR) is 65.7 cm³/mol. The number of halogens is 1. The van der Waals surface area contributed by atoms with Crippen LogP contribution in [0, 0.1) is 12.8 Å². The van der Waals surface area contributed by atoms with Crippen LogP contribution in [0.2, 0.25) is 5.28 Å². The topological polar surface area (TPSA) is 58.0 Å². The first-order valence-corrected chi connectivity index (χ1v) is 5.79. The van der Waals surface area contributed by atoms with Crippen LogP contribution >= 0.6 is 11.6 Å². The monoisotopic (exact) mass is 243 g/mol. The highest BCUT2D eigenvalue weighted by atomic mass is 35.5. The van der Waals surface area contributed by atoms with Gasteiger partial charge in [-0.1, -0.05) is 13.8 Å². The van der Waals surface area contributed by atoms with E-state index >= 15 is 0 Å². The highest BCUT2D eigenvalue weighted by Crippen LogP contribution is 2.17. The molecule has 1 rings (SSSR count). The minimum atomic E-state index is 0.160. The van der Waals surface area contributed by atoms with Crippen LogP contribution in [0.3, 0.4) is 0 Å². The van der Waals surface area contributed by atoms with E-state index in [4.69, 9.17) is 16.7 Å². The molecule has 1 unspecified atom stereocenters. The molecule has 0 amide bonds. The molecular weight excluding hydrogens is 226 g/mol. The molecule has 0 radical (unpaired) electrons. The zero-order valence-corrected chi connectivity index (χ0v) is 10.6. The smallest absolute Gasteiger partial charge is 0.224 e. The maximum absolute atomic E-state index is 8.99. The maximum atomic E-state index is 8.99. The first kappa shape index (κ1) is 13.2. The van der Waals surface area contributed by atoms with Gasteiger partial charge in [-0.2, -0.15) is 0 Å². The normalized spacial score (nSPS) is 12.9. The van der Waals surface area contributed by atoms with Crippen molar-refractivity contribution in [2.75, 3.05) is 11.9 Å². The molecule has 1 heterocycles. The van der Waals surface area contributed by atoms with Crippen LogP contribution in [0.15, 0.2) is 6.20 Å². The molecule has 2 N–H and O–H groups in total. The van der Waals surface area contributed by atoms with Crippen molar-refractivity contribution in [3.63, 3.8) is 0 Å². The molecule has 0 aromatic carbocycles. The van der Waals surface area contributed by atoms with E-state index in [-0.39, 0.29) is 17.9 Å². The zero-order valence-electron chi connectivity index (χ0n) is 9.87. The molecule has 16 heavy (non-hydrogen) atoms. The number of hydrogen-bond donors (Lipinski definition) is 2. The van der Waals surface area contributed by atoms with E-state index in [1.165, 1.54) is 0 Å². The summed E-state index contributed by atoms with van der Waals surface area (Å²) < 4.78 is 0. The molecule has 1 aromatic heterocycles. The van der Waals surface area contributed by atoms with Crippen molar-refractivity contribution in [2.45, 2.75) is 33.2 Å². The minimum absolute atomic E-state index is 0.160. The number of nitrogens with zero attached hydrogens (tertiary/aromatic N) is 2. The van der Waals surface area contributed by atoms with Gasteiger partial charge in [0.05, 0.1) is 0 Å². The molecule has 4 nitrogen and oxygen atoms in total. The molecule has 5 heteroatoms. The number of nitrogens with one attached hydrogen (secondary N) is 1. The highest BCUT2D eigenvalue weighted by Gasteiger charge is 2.14. The summed E-state index contributed by atoms with van der Waals surface area (Å²) in [6.07, 6.45) is 2.38. The summed E-state index contributed by atoms with van der Waals surface area (Å²) >= 11 is 5.75. The number of rotatable bonds is 5. The fourth-order valence-corrected chi connectivity index (χ4v) is 1.59. The van der Waals surface area contributed by atoms with Crippen molar-refractivity contribution in [1.29, 1.82) is 0 Å². The Morgan fingerprint density at radius 3 is 2.75 bits per heavy atom. The summed E-state index contributed by atoms with van der Waals surface area (Å²) in [7, 11) is 0. The van der Waals surface area contributed by atoms with Crippen LogP contribution in [0.1, 0.15) is 25.8 Å². The first-order valence-electron chi connectivity index (χ1n) is 5.41. The third-order valence-corrected chi connectivity index (χ3v) is 2.69. The van der Waals surface area contributed by atoms with Crippen molar-refractivity contribution in [2.24, 2.45) is 5.92 Å². The van der Waals surface area contributed by atoms with Gasteiger partial charge in [0.2, 0.25) is 5.28 Å². The molecule has 1 aromatic rings. The Kier molecular flexibility index (Phi) is 4.96. The van der Waals surface area contributed by atoms with Gasteiger partial charge in [-0.25, -0.2) is 9.97 Å². The summed E-state index contributed by atoms with van der Waals surface area (Å²) in [5.41, 5.74) is 0.952. The van der Waals surface area contributed by atoms with Gasteiger partial charge in [-0.15, -0.1) is 0 Å². The molecule has 90 valence electrons. The van der Waals surface area contributed by atoms with Gasteiger partial charge in [0.1, 0.15) is 5.82 Å². The lowest BCUT2D eigenvalue weighted by atomic mass is 10.0. The van der Waals surface area contributed by atoms with E-state index in [0.29, 0.717) is 12.3 Å². The fourth-order valence-electron chi connectivity index (χ4n) is 1.45. The highest BCUT2D eigenvalue weighted by molar-refractivity contribution is 6.28. The lowest BCUT2D eigenvalue weighted by Gasteiger charge is -2.22. The largest absolute Gasteiger partial charge is 0.396 e. The van der Waals surface area contributed by atoms with Gasteiger partial charge in [0, 0.05) is 24.4 Å². The molecule has 1 atom stereocenters. The molecule has 0 spiro atoms. The van der Waals surface area contributed by atoms with Gasteiger partial charge >= 0.3 is 0 Å². The molecule has 0 bridgehead atoms. The second-order valence-corrected chi connectivity index (χ2v) is 4.52. The van der Waals surface area contributed by atoms with E-state index in [1.54, 1.807) is 6.20 Å².